The molecule has 114 valence electrons. The number of likely N-dealkylation sites (tertiary alicyclic amines) is 1. The zero-order valence-corrected chi connectivity index (χ0v) is 12.8. The third-order valence-corrected chi connectivity index (χ3v) is 4.71. The van der Waals surface area contributed by atoms with Crippen LogP contribution in [0.3, 0.4) is 0 Å². The Morgan fingerprint density at radius 3 is 2.90 bits per heavy atom. The van der Waals surface area contributed by atoms with Gasteiger partial charge in [0.2, 0.25) is 5.91 Å². The van der Waals surface area contributed by atoms with Gasteiger partial charge in [-0.15, -0.1) is 0 Å². The van der Waals surface area contributed by atoms with Crippen LogP contribution in [0.1, 0.15) is 30.4 Å². The normalized spacial score (nSPS) is 29.6. The summed E-state index contributed by atoms with van der Waals surface area (Å²) in [6.45, 7) is 7.09. The van der Waals surface area contributed by atoms with Gasteiger partial charge in [-0.25, -0.2) is 0 Å². The molecule has 2 aliphatic heterocycles. The Labute approximate surface area is 126 Å². The Bertz CT molecular complexity index is 511. The molecule has 0 radical (unpaired) electrons. The molecule has 4 heteroatoms. The molecule has 3 atom stereocenters. The van der Waals surface area contributed by atoms with Gasteiger partial charge in [-0.05, 0) is 31.4 Å². The van der Waals surface area contributed by atoms with E-state index >= 15 is 0 Å². The quantitative estimate of drug-likeness (QED) is 0.900. The molecule has 0 aromatic heterocycles. The van der Waals surface area contributed by atoms with E-state index in [-0.39, 0.29) is 11.9 Å². The van der Waals surface area contributed by atoms with Crippen LogP contribution in [0.4, 0.5) is 0 Å². The van der Waals surface area contributed by atoms with Gasteiger partial charge in [0.1, 0.15) is 6.04 Å². The molecule has 1 N–H and O–H groups in total. The van der Waals surface area contributed by atoms with Crippen molar-refractivity contribution in [3.05, 3.63) is 35.4 Å². The number of hydrogen-bond donors (Lipinski definition) is 1. The molecular formula is C17H24N2O2. The van der Waals surface area contributed by atoms with Gasteiger partial charge in [-0.1, -0.05) is 24.3 Å². The second-order valence-corrected chi connectivity index (χ2v) is 6.21. The first-order valence-corrected chi connectivity index (χ1v) is 7.84. The SMILES string of the molecule is Cc1ccccc1[C@@H]1C[C@H](C)N(C(=O)[C@H]2COCCN2)C1. The first kappa shape index (κ1) is 14.5. The highest BCUT2D eigenvalue weighted by Crippen LogP contribution is 2.33. The highest BCUT2D eigenvalue weighted by Gasteiger charge is 2.37. The predicted molar refractivity (Wildman–Crippen MR) is 82.3 cm³/mol. The fourth-order valence-corrected chi connectivity index (χ4v) is 3.53. The monoisotopic (exact) mass is 288 g/mol. The lowest BCUT2D eigenvalue weighted by Crippen LogP contribution is -2.53. The fourth-order valence-electron chi connectivity index (χ4n) is 3.53. The molecule has 2 aliphatic rings. The summed E-state index contributed by atoms with van der Waals surface area (Å²) in [7, 11) is 0. The molecule has 2 saturated heterocycles. The van der Waals surface area contributed by atoms with Crippen molar-refractivity contribution in [1.29, 1.82) is 0 Å². The molecule has 1 amide bonds. The number of rotatable bonds is 2. The van der Waals surface area contributed by atoms with Crippen molar-refractivity contribution in [3.63, 3.8) is 0 Å². The maximum atomic E-state index is 12.7. The molecule has 3 rings (SSSR count). The summed E-state index contributed by atoms with van der Waals surface area (Å²) in [4.78, 5) is 14.7. The van der Waals surface area contributed by atoms with Crippen LogP contribution in [0.5, 0.6) is 0 Å². The molecule has 0 saturated carbocycles. The van der Waals surface area contributed by atoms with Gasteiger partial charge >= 0.3 is 0 Å². The number of amides is 1. The van der Waals surface area contributed by atoms with Crippen LogP contribution in [0.15, 0.2) is 24.3 Å². The van der Waals surface area contributed by atoms with Crippen molar-refractivity contribution in [2.75, 3.05) is 26.3 Å². The molecule has 0 bridgehead atoms. The molecule has 0 spiro atoms. The Hall–Kier alpha value is -1.39. The number of nitrogens with one attached hydrogen (secondary N) is 1. The van der Waals surface area contributed by atoms with E-state index in [1.165, 1.54) is 11.1 Å². The third-order valence-electron chi connectivity index (χ3n) is 4.71. The number of benzene rings is 1. The highest BCUT2D eigenvalue weighted by molar-refractivity contribution is 5.83. The number of carbonyl (C=O) groups excluding carboxylic acids is 1. The Morgan fingerprint density at radius 1 is 1.38 bits per heavy atom. The zero-order chi connectivity index (χ0) is 14.8. The van der Waals surface area contributed by atoms with Crippen LogP contribution in [0.25, 0.3) is 0 Å². The molecular weight excluding hydrogens is 264 g/mol. The summed E-state index contributed by atoms with van der Waals surface area (Å²) in [5, 5.41) is 3.27. The van der Waals surface area contributed by atoms with Crippen LogP contribution >= 0.6 is 0 Å². The van der Waals surface area contributed by atoms with Crippen molar-refractivity contribution >= 4 is 5.91 Å². The van der Waals surface area contributed by atoms with Gasteiger partial charge in [0, 0.05) is 25.0 Å². The lowest BCUT2D eigenvalue weighted by atomic mass is 9.93. The largest absolute Gasteiger partial charge is 0.378 e. The van der Waals surface area contributed by atoms with E-state index in [1.807, 2.05) is 4.90 Å². The van der Waals surface area contributed by atoms with Gasteiger partial charge in [-0.2, -0.15) is 0 Å². The molecule has 1 aromatic carbocycles. The molecule has 1 aromatic rings. The van der Waals surface area contributed by atoms with E-state index in [0.717, 1.165) is 19.5 Å². The van der Waals surface area contributed by atoms with E-state index in [2.05, 4.69) is 43.4 Å². The van der Waals surface area contributed by atoms with Crippen molar-refractivity contribution in [2.45, 2.75) is 38.3 Å². The number of ether oxygens (including phenoxy) is 1. The summed E-state index contributed by atoms with van der Waals surface area (Å²) in [5.74, 6) is 0.646. The van der Waals surface area contributed by atoms with E-state index in [4.69, 9.17) is 4.74 Å². The maximum absolute atomic E-state index is 12.7. The van der Waals surface area contributed by atoms with Crippen LogP contribution in [0.2, 0.25) is 0 Å². The minimum atomic E-state index is -0.170. The number of morpholine rings is 1. The average Bonchev–Trinajstić information content (AvgIpc) is 2.89. The summed E-state index contributed by atoms with van der Waals surface area (Å²) >= 11 is 0. The van der Waals surface area contributed by atoms with Crippen LogP contribution < -0.4 is 5.32 Å². The lowest BCUT2D eigenvalue weighted by molar-refractivity contribution is -0.136. The minimum absolute atomic E-state index is 0.170. The predicted octanol–water partition coefficient (Wildman–Crippen LogP) is 1.69. The minimum Gasteiger partial charge on any atom is -0.378 e. The highest BCUT2D eigenvalue weighted by atomic mass is 16.5. The van der Waals surface area contributed by atoms with E-state index < -0.39 is 0 Å². The summed E-state index contributed by atoms with van der Waals surface area (Å²) in [5.41, 5.74) is 2.70. The van der Waals surface area contributed by atoms with Crippen LogP contribution in [-0.2, 0) is 9.53 Å². The van der Waals surface area contributed by atoms with Crippen molar-refractivity contribution in [3.8, 4) is 0 Å². The first-order valence-electron chi connectivity index (χ1n) is 7.84. The number of aryl methyl sites for hydroxylation is 1. The Balaban J connectivity index is 1.71. The first-order chi connectivity index (χ1) is 10.2. The zero-order valence-electron chi connectivity index (χ0n) is 12.8. The summed E-state index contributed by atoms with van der Waals surface area (Å²) in [6, 6.07) is 8.64. The Kier molecular flexibility index (Phi) is 4.27. The fraction of sp³-hybridized carbons (Fsp3) is 0.588. The van der Waals surface area contributed by atoms with Crippen molar-refractivity contribution in [2.24, 2.45) is 0 Å². The third kappa shape index (κ3) is 2.97. The number of hydrogen-bond acceptors (Lipinski definition) is 3. The van der Waals surface area contributed by atoms with Crippen molar-refractivity contribution in [1.82, 2.24) is 10.2 Å². The van der Waals surface area contributed by atoms with Gasteiger partial charge in [0.05, 0.1) is 13.2 Å². The second kappa shape index (κ2) is 6.16. The maximum Gasteiger partial charge on any atom is 0.242 e. The van der Waals surface area contributed by atoms with E-state index in [9.17, 15) is 4.79 Å². The van der Waals surface area contributed by atoms with Gasteiger partial charge < -0.3 is 15.0 Å². The number of carbonyl (C=O) groups is 1. The van der Waals surface area contributed by atoms with Crippen LogP contribution in [-0.4, -0.2) is 49.2 Å². The van der Waals surface area contributed by atoms with Crippen molar-refractivity contribution < 1.29 is 9.53 Å². The number of nitrogens with zero attached hydrogens (tertiary/aromatic N) is 1. The van der Waals surface area contributed by atoms with Crippen LogP contribution in [0, 0.1) is 6.92 Å². The lowest BCUT2D eigenvalue weighted by Gasteiger charge is -2.29. The molecule has 2 heterocycles. The molecule has 21 heavy (non-hydrogen) atoms. The van der Waals surface area contributed by atoms with Gasteiger partial charge in [0.15, 0.2) is 0 Å². The molecule has 4 nitrogen and oxygen atoms in total. The van der Waals surface area contributed by atoms with E-state index in [0.29, 0.717) is 25.2 Å². The molecule has 2 fully saturated rings. The van der Waals surface area contributed by atoms with Gasteiger partial charge in [0.25, 0.3) is 0 Å². The van der Waals surface area contributed by atoms with Gasteiger partial charge in [-0.3, -0.25) is 4.79 Å². The average molecular weight is 288 g/mol. The second-order valence-electron chi connectivity index (χ2n) is 6.21. The standard InChI is InChI=1S/C17H24N2O2/c1-12-5-3-4-6-15(12)14-9-13(2)19(10-14)17(20)16-11-21-8-7-18-16/h3-6,13-14,16,18H,7-11H2,1-2H3/t13-,14+,16+/m0/s1. The summed E-state index contributed by atoms with van der Waals surface area (Å²) < 4.78 is 5.42. The smallest absolute Gasteiger partial charge is 0.242 e. The van der Waals surface area contributed by atoms with E-state index in [1.54, 1.807) is 0 Å². The molecule has 0 unspecified atom stereocenters. The topological polar surface area (TPSA) is 41.6 Å². The molecule has 0 aliphatic carbocycles. The summed E-state index contributed by atoms with van der Waals surface area (Å²) in [6.07, 6.45) is 1.05. The Morgan fingerprint density at radius 2 is 2.19 bits per heavy atom.